The predicted molar refractivity (Wildman–Crippen MR) is 95.4 cm³/mol. The van der Waals surface area contributed by atoms with Crippen LogP contribution >= 0.6 is 22.9 Å². The van der Waals surface area contributed by atoms with Crippen LogP contribution in [0.1, 0.15) is 41.0 Å². The van der Waals surface area contributed by atoms with Gasteiger partial charge in [0.1, 0.15) is 6.04 Å². The third-order valence-electron chi connectivity index (χ3n) is 4.48. The van der Waals surface area contributed by atoms with Crippen molar-refractivity contribution in [2.24, 2.45) is 0 Å². The number of quaternary nitrogens is 1. The molecule has 1 amide bonds. The number of likely N-dealkylation sites (tertiary alicyclic amines) is 1. The fourth-order valence-corrected chi connectivity index (χ4v) is 4.59. The van der Waals surface area contributed by atoms with Crippen LogP contribution in [-0.2, 0) is 0 Å². The van der Waals surface area contributed by atoms with E-state index in [1.165, 1.54) is 30.8 Å². The zero-order valence-electron chi connectivity index (χ0n) is 13.2. The van der Waals surface area contributed by atoms with E-state index in [4.69, 9.17) is 11.6 Å². The van der Waals surface area contributed by atoms with Gasteiger partial charge in [-0.2, -0.15) is 0 Å². The third kappa shape index (κ3) is 3.94. The maximum atomic E-state index is 12.5. The van der Waals surface area contributed by atoms with Crippen LogP contribution < -0.4 is 10.2 Å². The largest absolute Gasteiger partial charge is 0.343 e. The lowest BCUT2D eigenvalue weighted by atomic mass is 10.1. The van der Waals surface area contributed by atoms with E-state index in [-0.39, 0.29) is 11.9 Å². The number of carbonyl (C=O) groups is 1. The van der Waals surface area contributed by atoms with Crippen LogP contribution in [0, 0.1) is 0 Å². The predicted octanol–water partition coefficient (Wildman–Crippen LogP) is 2.94. The van der Waals surface area contributed by atoms with Gasteiger partial charge in [-0.05, 0) is 36.6 Å². The molecule has 1 aromatic carbocycles. The van der Waals surface area contributed by atoms with Crippen molar-refractivity contribution in [3.05, 3.63) is 57.2 Å². The Morgan fingerprint density at radius 2 is 2.04 bits per heavy atom. The topological polar surface area (TPSA) is 33.5 Å². The summed E-state index contributed by atoms with van der Waals surface area (Å²) in [7, 11) is 0. The monoisotopic (exact) mass is 349 g/mol. The van der Waals surface area contributed by atoms with E-state index in [1.807, 2.05) is 6.07 Å². The zero-order valence-corrected chi connectivity index (χ0v) is 14.8. The number of hydrogen-bond donors (Lipinski definition) is 2. The molecule has 0 spiro atoms. The Kier molecular flexibility index (Phi) is 5.36. The minimum Gasteiger partial charge on any atom is -0.343 e. The minimum atomic E-state index is -0.0554. The maximum absolute atomic E-state index is 12.5. The number of nitrogens with one attached hydrogen (secondary N) is 2. The first kappa shape index (κ1) is 16.5. The molecule has 1 aliphatic heterocycles. The molecule has 23 heavy (non-hydrogen) atoms. The van der Waals surface area contributed by atoms with Gasteiger partial charge in [0.15, 0.2) is 0 Å². The summed E-state index contributed by atoms with van der Waals surface area (Å²) < 4.78 is 0. The van der Waals surface area contributed by atoms with Crippen LogP contribution in [-0.4, -0.2) is 25.0 Å². The molecule has 5 heteroatoms. The molecular weight excluding hydrogens is 328 g/mol. The summed E-state index contributed by atoms with van der Waals surface area (Å²) in [6, 6.07) is 11.8. The molecular formula is C18H22ClN2OS+. The number of carbonyl (C=O) groups excluding carboxylic acids is 1. The number of hydrogen-bond acceptors (Lipinski definition) is 2. The molecule has 1 fully saturated rings. The summed E-state index contributed by atoms with van der Waals surface area (Å²) in [5, 5.41) is 5.88. The molecule has 2 heterocycles. The Hall–Kier alpha value is -1.36. The van der Waals surface area contributed by atoms with Gasteiger partial charge in [-0.3, -0.25) is 4.79 Å². The first-order valence-corrected chi connectivity index (χ1v) is 9.35. The molecule has 0 unspecified atom stereocenters. The number of rotatable bonds is 5. The SMILES string of the molecule is C[C@H](NC(=O)c1cccc(Cl)c1)[C@@H](c1cccs1)[NH+]1CCCC1. The number of thiophene rings is 1. The Bertz CT molecular complexity index is 653. The van der Waals surface area contributed by atoms with Crippen molar-refractivity contribution in [3.8, 4) is 0 Å². The van der Waals surface area contributed by atoms with E-state index < -0.39 is 0 Å². The summed E-state index contributed by atoms with van der Waals surface area (Å²) in [5.74, 6) is -0.0554. The van der Waals surface area contributed by atoms with Gasteiger partial charge in [0.25, 0.3) is 5.91 Å². The van der Waals surface area contributed by atoms with Crippen molar-refractivity contribution in [3.63, 3.8) is 0 Å². The lowest BCUT2D eigenvalue weighted by Crippen LogP contribution is -3.11. The van der Waals surface area contributed by atoms with Crippen molar-refractivity contribution in [2.45, 2.75) is 31.8 Å². The first-order chi connectivity index (χ1) is 11.1. The van der Waals surface area contributed by atoms with E-state index in [2.05, 4.69) is 29.8 Å². The van der Waals surface area contributed by atoms with E-state index in [9.17, 15) is 4.79 Å². The summed E-state index contributed by atoms with van der Waals surface area (Å²) in [4.78, 5) is 15.4. The van der Waals surface area contributed by atoms with E-state index in [0.717, 1.165) is 0 Å². The van der Waals surface area contributed by atoms with Crippen LogP contribution in [0.5, 0.6) is 0 Å². The van der Waals surface area contributed by atoms with Gasteiger partial charge >= 0.3 is 0 Å². The summed E-state index contributed by atoms with van der Waals surface area (Å²) in [6.07, 6.45) is 2.54. The Labute approximate surface area is 146 Å². The second-order valence-electron chi connectivity index (χ2n) is 6.13. The Morgan fingerprint density at radius 1 is 1.26 bits per heavy atom. The van der Waals surface area contributed by atoms with E-state index >= 15 is 0 Å². The molecule has 2 aromatic rings. The highest BCUT2D eigenvalue weighted by Crippen LogP contribution is 2.21. The number of halogens is 1. The molecule has 2 N–H and O–H groups in total. The van der Waals surface area contributed by atoms with Crippen LogP contribution in [0.25, 0.3) is 0 Å². The lowest BCUT2D eigenvalue weighted by molar-refractivity contribution is -0.920. The van der Waals surface area contributed by atoms with Crippen LogP contribution in [0.15, 0.2) is 41.8 Å². The van der Waals surface area contributed by atoms with Gasteiger partial charge in [-0.15, -0.1) is 11.3 Å². The molecule has 0 bridgehead atoms. The number of amides is 1. The summed E-state index contributed by atoms with van der Waals surface area (Å²) in [5.41, 5.74) is 0.616. The van der Waals surface area contributed by atoms with Crippen molar-refractivity contribution >= 4 is 28.8 Å². The molecule has 2 atom stereocenters. The second-order valence-corrected chi connectivity index (χ2v) is 7.55. The van der Waals surface area contributed by atoms with E-state index in [0.29, 0.717) is 16.6 Å². The molecule has 1 aromatic heterocycles. The molecule has 1 aliphatic rings. The smallest absolute Gasteiger partial charge is 0.251 e. The normalized spacial score (nSPS) is 17.8. The Balaban J connectivity index is 1.75. The van der Waals surface area contributed by atoms with Gasteiger partial charge in [0.05, 0.1) is 24.0 Å². The fraction of sp³-hybridized carbons (Fsp3) is 0.389. The quantitative estimate of drug-likeness (QED) is 0.855. The highest BCUT2D eigenvalue weighted by molar-refractivity contribution is 7.10. The molecule has 1 saturated heterocycles. The van der Waals surface area contributed by atoms with Gasteiger partial charge in [-0.1, -0.05) is 23.7 Å². The van der Waals surface area contributed by atoms with Gasteiger partial charge in [0.2, 0.25) is 0 Å². The molecule has 0 radical (unpaired) electrons. The second kappa shape index (κ2) is 7.47. The van der Waals surface area contributed by atoms with Crippen molar-refractivity contribution in [1.82, 2.24) is 5.32 Å². The number of benzene rings is 1. The lowest BCUT2D eigenvalue weighted by Gasteiger charge is -2.29. The van der Waals surface area contributed by atoms with Gasteiger partial charge < -0.3 is 10.2 Å². The summed E-state index contributed by atoms with van der Waals surface area (Å²) in [6.45, 7) is 4.47. The molecule has 3 rings (SSSR count). The standard InChI is InChI=1S/C18H21ClN2OS/c1-13(20-18(22)14-6-4-7-15(19)12-14)17(16-8-5-11-23-16)21-9-2-3-10-21/h4-8,11-13,17H,2-3,9-10H2,1H3,(H,20,22)/p+1/t13-,17-/m0/s1. The zero-order chi connectivity index (χ0) is 16.2. The van der Waals surface area contributed by atoms with Crippen LogP contribution in [0.4, 0.5) is 0 Å². The highest BCUT2D eigenvalue weighted by atomic mass is 35.5. The summed E-state index contributed by atoms with van der Waals surface area (Å²) >= 11 is 7.77. The fourth-order valence-electron chi connectivity index (χ4n) is 3.41. The average Bonchev–Trinajstić information content (AvgIpc) is 3.21. The van der Waals surface area contributed by atoms with Crippen molar-refractivity contribution < 1.29 is 9.69 Å². The average molecular weight is 350 g/mol. The van der Waals surface area contributed by atoms with Gasteiger partial charge in [-0.25, -0.2) is 0 Å². The third-order valence-corrected chi connectivity index (χ3v) is 5.67. The molecule has 122 valence electrons. The van der Waals surface area contributed by atoms with Crippen LogP contribution in [0.2, 0.25) is 5.02 Å². The van der Waals surface area contributed by atoms with Crippen molar-refractivity contribution in [2.75, 3.05) is 13.1 Å². The van der Waals surface area contributed by atoms with Crippen molar-refractivity contribution in [1.29, 1.82) is 0 Å². The first-order valence-electron chi connectivity index (χ1n) is 8.09. The van der Waals surface area contributed by atoms with Gasteiger partial charge in [0, 0.05) is 23.4 Å². The maximum Gasteiger partial charge on any atom is 0.251 e. The Morgan fingerprint density at radius 3 is 2.70 bits per heavy atom. The van der Waals surface area contributed by atoms with E-state index in [1.54, 1.807) is 34.4 Å². The highest BCUT2D eigenvalue weighted by Gasteiger charge is 2.33. The molecule has 0 aliphatic carbocycles. The molecule has 0 saturated carbocycles. The minimum absolute atomic E-state index is 0.0554. The van der Waals surface area contributed by atoms with Crippen LogP contribution in [0.3, 0.4) is 0 Å². The molecule has 3 nitrogen and oxygen atoms in total.